The molecule has 3 saturated heterocycles. The van der Waals surface area contributed by atoms with Gasteiger partial charge < -0.3 is 4.90 Å². The van der Waals surface area contributed by atoms with Crippen molar-refractivity contribution in [3.05, 3.63) is 0 Å². The highest BCUT2D eigenvalue weighted by molar-refractivity contribution is 5.04. The zero-order valence-electron chi connectivity index (χ0n) is 15.0. The summed E-state index contributed by atoms with van der Waals surface area (Å²) in [6, 6.07) is 1.60. The van der Waals surface area contributed by atoms with Crippen LogP contribution in [0.2, 0.25) is 0 Å². The highest BCUT2D eigenvalue weighted by Gasteiger charge is 2.50. The van der Waals surface area contributed by atoms with Gasteiger partial charge in [-0.15, -0.1) is 0 Å². The maximum atomic E-state index is 2.79. The molecule has 0 aromatic rings. The number of hydrogen-bond donors (Lipinski definition) is 0. The van der Waals surface area contributed by atoms with E-state index in [1.807, 2.05) is 0 Å². The Hall–Kier alpha value is -0.120. The molecule has 1 spiro atoms. The number of likely N-dealkylation sites (tertiary alicyclic amines) is 3. The molecule has 0 radical (unpaired) electrons. The molecule has 0 aromatic carbocycles. The fourth-order valence-electron chi connectivity index (χ4n) is 5.11. The molecular formula is C19H35N3. The van der Waals surface area contributed by atoms with Crippen LogP contribution < -0.4 is 0 Å². The van der Waals surface area contributed by atoms with Crippen molar-refractivity contribution in [3.8, 4) is 0 Å². The van der Waals surface area contributed by atoms with Gasteiger partial charge in [-0.25, -0.2) is 0 Å². The number of hydrogen-bond acceptors (Lipinski definition) is 3. The molecule has 0 unspecified atom stereocenters. The van der Waals surface area contributed by atoms with Crippen LogP contribution in [0.15, 0.2) is 0 Å². The molecule has 0 atom stereocenters. The zero-order valence-corrected chi connectivity index (χ0v) is 15.0. The largest absolute Gasteiger partial charge is 0.302 e. The van der Waals surface area contributed by atoms with Gasteiger partial charge in [-0.05, 0) is 69.9 Å². The van der Waals surface area contributed by atoms with E-state index < -0.39 is 0 Å². The molecule has 1 saturated carbocycles. The highest BCUT2D eigenvalue weighted by atomic mass is 15.3. The van der Waals surface area contributed by atoms with Gasteiger partial charge >= 0.3 is 0 Å². The maximum Gasteiger partial charge on any atom is 0.0350 e. The van der Waals surface area contributed by atoms with Crippen LogP contribution >= 0.6 is 0 Å². The molecule has 4 aliphatic rings. The van der Waals surface area contributed by atoms with E-state index in [2.05, 4.69) is 35.5 Å². The lowest BCUT2D eigenvalue weighted by atomic mass is 9.71. The van der Waals surface area contributed by atoms with Crippen LogP contribution in [0.5, 0.6) is 0 Å². The molecule has 0 bridgehead atoms. The predicted molar refractivity (Wildman–Crippen MR) is 92.1 cm³/mol. The second-order valence-electron chi connectivity index (χ2n) is 9.24. The summed E-state index contributed by atoms with van der Waals surface area (Å²) in [5, 5.41) is 0. The highest BCUT2D eigenvalue weighted by Crippen LogP contribution is 2.51. The molecule has 3 nitrogen and oxygen atoms in total. The Bertz CT molecular complexity index is 393. The SMILES string of the molecule is CCC1(CN2CC3(CCN(C4CN(C(C)C)C4)CC3)C2)CC1. The van der Waals surface area contributed by atoms with Gasteiger partial charge in [-0.1, -0.05) is 6.92 Å². The average molecular weight is 306 g/mol. The van der Waals surface area contributed by atoms with Crippen LogP contribution in [0.25, 0.3) is 0 Å². The topological polar surface area (TPSA) is 9.72 Å². The Kier molecular flexibility index (Phi) is 3.82. The Labute approximate surface area is 137 Å². The summed E-state index contributed by atoms with van der Waals surface area (Å²) in [5.74, 6) is 0. The van der Waals surface area contributed by atoms with Gasteiger partial charge in [0.25, 0.3) is 0 Å². The summed E-state index contributed by atoms with van der Waals surface area (Å²) >= 11 is 0. The van der Waals surface area contributed by atoms with Gasteiger partial charge in [-0.3, -0.25) is 9.80 Å². The first-order valence-electron chi connectivity index (χ1n) is 9.74. The van der Waals surface area contributed by atoms with E-state index in [1.165, 1.54) is 77.9 Å². The predicted octanol–water partition coefficient (Wildman–Crippen LogP) is 2.67. The molecule has 22 heavy (non-hydrogen) atoms. The molecule has 126 valence electrons. The van der Waals surface area contributed by atoms with E-state index in [0.717, 1.165) is 17.5 Å². The molecule has 0 N–H and O–H groups in total. The Morgan fingerprint density at radius 2 is 1.64 bits per heavy atom. The van der Waals surface area contributed by atoms with Crippen molar-refractivity contribution in [2.45, 2.75) is 65.0 Å². The summed E-state index contributed by atoms with van der Waals surface area (Å²) < 4.78 is 0. The monoisotopic (exact) mass is 305 g/mol. The smallest absolute Gasteiger partial charge is 0.0350 e. The van der Waals surface area contributed by atoms with Crippen molar-refractivity contribution in [2.24, 2.45) is 10.8 Å². The van der Waals surface area contributed by atoms with Gasteiger partial charge in [0.15, 0.2) is 0 Å². The summed E-state index contributed by atoms with van der Waals surface area (Å²) in [5.41, 5.74) is 1.45. The van der Waals surface area contributed by atoms with E-state index in [4.69, 9.17) is 0 Å². The summed E-state index contributed by atoms with van der Waals surface area (Å²) in [7, 11) is 0. The summed E-state index contributed by atoms with van der Waals surface area (Å²) in [6.07, 6.45) is 7.31. The summed E-state index contributed by atoms with van der Waals surface area (Å²) in [6.45, 7) is 16.6. The Morgan fingerprint density at radius 3 is 2.14 bits per heavy atom. The minimum atomic E-state index is 0.710. The van der Waals surface area contributed by atoms with Crippen LogP contribution in [0.4, 0.5) is 0 Å². The lowest BCUT2D eigenvalue weighted by Gasteiger charge is -2.57. The van der Waals surface area contributed by atoms with Crippen molar-refractivity contribution < 1.29 is 0 Å². The van der Waals surface area contributed by atoms with Crippen molar-refractivity contribution in [2.75, 3.05) is 45.8 Å². The molecule has 3 heteroatoms. The molecule has 3 aliphatic heterocycles. The first-order chi connectivity index (χ1) is 10.5. The Morgan fingerprint density at radius 1 is 1.00 bits per heavy atom. The van der Waals surface area contributed by atoms with Crippen LogP contribution in [-0.4, -0.2) is 72.6 Å². The fourth-order valence-corrected chi connectivity index (χ4v) is 5.11. The lowest BCUT2D eigenvalue weighted by Crippen LogP contribution is -2.66. The molecule has 3 heterocycles. The van der Waals surface area contributed by atoms with E-state index in [1.54, 1.807) is 0 Å². The van der Waals surface area contributed by atoms with Gasteiger partial charge in [0.2, 0.25) is 0 Å². The van der Waals surface area contributed by atoms with Gasteiger partial charge in [0.05, 0.1) is 0 Å². The lowest BCUT2D eigenvalue weighted by molar-refractivity contribution is -0.0797. The van der Waals surface area contributed by atoms with Crippen molar-refractivity contribution >= 4 is 0 Å². The quantitative estimate of drug-likeness (QED) is 0.773. The first kappa shape index (κ1) is 15.4. The Balaban J connectivity index is 1.19. The minimum absolute atomic E-state index is 0.710. The molecule has 4 fully saturated rings. The van der Waals surface area contributed by atoms with Crippen LogP contribution in [0.1, 0.15) is 52.9 Å². The van der Waals surface area contributed by atoms with Gasteiger partial charge in [-0.2, -0.15) is 0 Å². The number of piperidine rings is 1. The van der Waals surface area contributed by atoms with E-state index in [0.29, 0.717) is 5.41 Å². The molecule has 0 aromatic heterocycles. The molecule has 4 rings (SSSR count). The zero-order chi connectivity index (χ0) is 15.4. The standard InChI is InChI=1S/C19H35N3/c1-4-18(5-6-18)13-20-14-19(15-20)7-9-21(10-8-19)17-11-22(12-17)16(2)3/h16-17H,4-15H2,1-3H3. The van der Waals surface area contributed by atoms with Crippen LogP contribution in [0, 0.1) is 10.8 Å². The third-order valence-corrected chi connectivity index (χ3v) is 7.38. The molecular weight excluding hydrogens is 270 g/mol. The van der Waals surface area contributed by atoms with Crippen molar-refractivity contribution in [3.63, 3.8) is 0 Å². The number of nitrogens with zero attached hydrogens (tertiary/aromatic N) is 3. The van der Waals surface area contributed by atoms with Crippen LogP contribution in [-0.2, 0) is 0 Å². The second-order valence-corrected chi connectivity index (χ2v) is 9.24. The van der Waals surface area contributed by atoms with Gasteiger partial charge in [0, 0.05) is 44.8 Å². The third-order valence-electron chi connectivity index (χ3n) is 7.38. The second kappa shape index (κ2) is 5.46. The maximum absolute atomic E-state index is 2.79. The van der Waals surface area contributed by atoms with Crippen LogP contribution in [0.3, 0.4) is 0 Å². The fraction of sp³-hybridized carbons (Fsp3) is 1.00. The minimum Gasteiger partial charge on any atom is -0.302 e. The number of rotatable bonds is 5. The molecule has 0 amide bonds. The summed E-state index contributed by atoms with van der Waals surface area (Å²) in [4.78, 5) is 8.18. The third kappa shape index (κ3) is 2.74. The van der Waals surface area contributed by atoms with E-state index >= 15 is 0 Å². The molecule has 1 aliphatic carbocycles. The van der Waals surface area contributed by atoms with Gasteiger partial charge in [0.1, 0.15) is 0 Å². The van der Waals surface area contributed by atoms with E-state index in [9.17, 15) is 0 Å². The van der Waals surface area contributed by atoms with E-state index in [-0.39, 0.29) is 0 Å². The normalized spacial score (nSPS) is 32.2. The van der Waals surface area contributed by atoms with Crippen molar-refractivity contribution in [1.82, 2.24) is 14.7 Å². The van der Waals surface area contributed by atoms with Crippen molar-refractivity contribution in [1.29, 1.82) is 0 Å². The first-order valence-corrected chi connectivity index (χ1v) is 9.74. The average Bonchev–Trinajstić information content (AvgIpc) is 3.17.